The summed E-state index contributed by atoms with van der Waals surface area (Å²) in [6.45, 7) is 2.60. The third kappa shape index (κ3) is 4.25. The summed E-state index contributed by atoms with van der Waals surface area (Å²) in [6.07, 6.45) is 6.19. The van der Waals surface area contributed by atoms with Gasteiger partial charge in [0.25, 0.3) is 0 Å². The molecule has 1 amide bonds. The number of hydrogen-bond donors (Lipinski definition) is 1. The van der Waals surface area contributed by atoms with E-state index in [-0.39, 0.29) is 18.1 Å². The maximum Gasteiger partial charge on any atom is 0.306 e. The Morgan fingerprint density at radius 3 is 2.63 bits per heavy atom. The summed E-state index contributed by atoms with van der Waals surface area (Å²) < 4.78 is 12.0. The number of pyridine rings is 1. The van der Waals surface area contributed by atoms with Gasteiger partial charge in [-0.15, -0.1) is 0 Å². The van der Waals surface area contributed by atoms with Gasteiger partial charge in [0.2, 0.25) is 12.3 Å². The Bertz CT molecular complexity index is 906. The molecule has 30 heavy (non-hydrogen) atoms. The second-order valence-corrected chi connectivity index (χ2v) is 7.90. The standard InChI is InChI=1S/C23H26N2O5/c1-2-18-13-25(14-26)20-9-5-16(11-21(20)29-18)17-6-10-22(24-12-17)30-19-7-3-15(4-8-19)23(27)28/h5-6,9-12,14-15,18-19H,2-4,7-8,13H2,1H3,(H,27,28). The van der Waals surface area contributed by atoms with E-state index in [1.807, 2.05) is 37.3 Å². The molecule has 2 aliphatic rings. The van der Waals surface area contributed by atoms with E-state index in [0.29, 0.717) is 31.0 Å². The van der Waals surface area contributed by atoms with Crippen molar-refractivity contribution in [2.75, 3.05) is 11.4 Å². The zero-order valence-electron chi connectivity index (χ0n) is 17.0. The zero-order valence-corrected chi connectivity index (χ0v) is 17.0. The van der Waals surface area contributed by atoms with Gasteiger partial charge in [-0.2, -0.15) is 0 Å². The van der Waals surface area contributed by atoms with Crippen LogP contribution < -0.4 is 14.4 Å². The van der Waals surface area contributed by atoms with Crippen LogP contribution in [0.5, 0.6) is 11.6 Å². The van der Waals surface area contributed by atoms with Crippen LogP contribution in [0.1, 0.15) is 39.0 Å². The summed E-state index contributed by atoms with van der Waals surface area (Å²) in [5, 5.41) is 9.10. The third-order valence-electron chi connectivity index (χ3n) is 5.93. The predicted octanol–water partition coefficient (Wildman–Crippen LogP) is 3.90. The van der Waals surface area contributed by atoms with Crippen molar-refractivity contribution in [2.24, 2.45) is 5.92 Å². The highest BCUT2D eigenvalue weighted by atomic mass is 16.5. The van der Waals surface area contributed by atoms with E-state index in [1.165, 1.54) is 0 Å². The molecule has 1 fully saturated rings. The van der Waals surface area contributed by atoms with Crippen LogP contribution in [-0.2, 0) is 9.59 Å². The van der Waals surface area contributed by atoms with Gasteiger partial charge in [0, 0.05) is 17.8 Å². The average Bonchev–Trinajstić information content (AvgIpc) is 2.78. The SMILES string of the molecule is CCC1CN(C=O)c2ccc(-c3ccc(OC4CCC(C(=O)O)CC4)nc3)cc2O1. The van der Waals surface area contributed by atoms with Gasteiger partial charge in [0.05, 0.1) is 18.2 Å². The molecule has 4 rings (SSSR count). The maximum atomic E-state index is 11.4. The average molecular weight is 410 g/mol. The van der Waals surface area contributed by atoms with Crippen LogP contribution in [0.25, 0.3) is 11.1 Å². The molecule has 2 heterocycles. The molecule has 1 unspecified atom stereocenters. The number of nitrogens with zero attached hydrogens (tertiary/aromatic N) is 2. The first-order chi connectivity index (χ1) is 14.6. The molecule has 7 heteroatoms. The van der Waals surface area contributed by atoms with Gasteiger partial charge < -0.3 is 19.5 Å². The summed E-state index contributed by atoms with van der Waals surface area (Å²) in [5.74, 6) is 0.276. The molecule has 0 saturated heterocycles. The summed E-state index contributed by atoms with van der Waals surface area (Å²) in [7, 11) is 0. The largest absolute Gasteiger partial charge is 0.486 e. The second kappa shape index (κ2) is 8.73. The van der Waals surface area contributed by atoms with Gasteiger partial charge in [-0.1, -0.05) is 13.0 Å². The maximum absolute atomic E-state index is 11.4. The van der Waals surface area contributed by atoms with Crippen molar-refractivity contribution in [1.82, 2.24) is 4.98 Å². The molecule has 1 N–H and O–H groups in total. The number of hydrogen-bond acceptors (Lipinski definition) is 5. The molecular weight excluding hydrogens is 384 g/mol. The van der Waals surface area contributed by atoms with Crippen LogP contribution in [0.15, 0.2) is 36.5 Å². The molecule has 1 aliphatic carbocycles. The molecule has 1 aliphatic heterocycles. The van der Waals surface area contributed by atoms with Crippen LogP contribution in [0.3, 0.4) is 0 Å². The summed E-state index contributed by atoms with van der Waals surface area (Å²) in [6, 6.07) is 9.58. The van der Waals surface area contributed by atoms with E-state index in [0.717, 1.165) is 42.5 Å². The molecule has 0 radical (unpaired) electrons. The lowest BCUT2D eigenvalue weighted by atomic mass is 9.87. The van der Waals surface area contributed by atoms with E-state index < -0.39 is 5.97 Å². The Balaban J connectivity index is 1.44. The molecule has 158 valence electrons. The predicted molar refractivity (Wildman–Crippen MR) is 112 cm³/mol. The number of amides is 1. The van der Waals surface area contributed by atoms with E-state index in [2.05, 4.69) is 4.98 Å². The number of carboxylic acids is 1. The number of fused-ring (bicyclic) bond motifs is 1. The number of benzene rings is 1. The van der Waals surface area contributed by atoms with Gasteiger partial charge in [0.15, 0.2) is 0 Å². The third-order valence-corrected chi connectivity index (χ3v) is 5.93. The summed E-state index contributed by atoms with van der Waals surface area (Å²) in [5.41, 5.74) is 2.67. The van der Waals surface area contributed by atoms with Crippen LogP contribution in [0, 0.1) is 5.92 Å². The second-order valence-electron chi connectivity index (χ2n) is 7.90. The van der Waals surface area contributed by atoms with Crippen molar-refractivity contribution in [3.63, 3.8) is 0 Å². The number of anilines is 1. The van der Waals surface area contributed by atoms with Gasteiger partial charge in [0.1, 0.15) is 18.0 Å². The van der Waals surface area contributed by atoms with E-state index in [4.69, 9.17) is 14.6 Å². The Hall–Kier alpha value is -3.09. The minimum atomic E-state index is -0.716. The fraction of sp³-hybridized carbons (Fsp3) is 0.435. The Kier molecular flexibility index (Phi) is 5.88. The Labute approximate surface area is 175 Å². The van der Waals surface area contributed by atoms with Crippen LogP contribution >= 0.6 is 0 Å². The lowest BCUT2D eigenvalue weighted by molar-refractivity contribution is -0.143. The lowest BCUT2D eigenvalue weighted by Crippen LogP contribution is -2.38. The van der Waals surface area contributed by atoms with Crippen LogP contribution in [-0.4, -0.2) is 41.2 Å². The number of aromatic nitrogens is 1. The molecule has 1 saturated carbocycles. The molecular formula is C23H26N2O5. The first kappa shape index (κ1) is 20.2. The van der Waals surface area contributed by atoms with Crippen molar-refractivity contribution in [3.8, 4) is 22.8 Å². The van der Waals surface area contributed by atoms with Gasteiger partial charge in [-0.25, -0.2) is 4.98 Å². The fourth-order valence-corrected chi connectivity index (χ4v) is 4.09. The fourth-order valence-electron chi connectivity index (χ4n) is 4.09. The number of ether oxygens (including phenoxy) is 2. The highest BCUT2D eigenvalue weighted by Crippen LogP contribution is 2.37. The number of carbonyl (C=O) groups excluding carboxylic acids is 1. The van der Waals surface area contributed by atoms with Crippen LogP contribution in [0.2, 0.25) is 0 Å². The molecule has 1 aromatic carbocycles. The van der Waals surface area contributed by atoms with Crippen LogP contribution in [0.4, 0.5) is 5.69 Å². The van der Waals surface area contributed by atoms with E-state index >= 15 is 0 Å². The van der Waals surface area contributed by atoms with Gasteiger partial charge >= 0.3 is 5.97 Å². The summed E-state index contributed by atoms with van der Waals surface area (Å²) in [4.78, 5) is 28.6. The van der Waals surface area contributed by atoms with Crippen molar-refractivity contribution < 1.29 is 24.2 Å². The first-order valence-electron chi connectivity index (χ1n) is 10.5. The van der Waals surface area contributed by atoms with Gasteiger partial charge in [-0.3, -0.25) is 9.59 Å². The number of aliphatic carboxylic acids is 1. The van der Waals surface area contributed by atoms with Gasteiger partial charge in [-0.05, 0) is 55.9 Å². The zero-order chi connectivity index (χ0) is 21.1. The molecule has 1 aromatic heterocycles. The van der Waals surface area contributed by atoms with Crippen molar-refractivity contribution in [2.45, 2.75) is 51.2 Å². The monoisotopic (exact) mass is 410 g/mol. The first-order valence-corrected chi connectivity index (χ1v) is 10.5. The molecule has 2 aromatic rings. The quantitative estimate of drug-likeness (QED) is 0.727. The number of carbonyl (C=O) groups is 2. The highest BCUT2D eigenvalue weighted by Gasteiger charge is 2.27. The molecule has 7 nitrogen and oxygen atoms in total. The van der Waals surface area contributed by atoms with E-state index in [1.54, 1.807) is 11.1 Å². The molecule has 1 atom stereocenters. The lowest BCUT2D eigenvalue weighted by Gasteiger charge is -2.32. The highest BCUT2D eigenvalue weighted by molar-refractivity contribution is 5.82. The number of rotatable bonds is 6. The van der Waals surface area contributed by atoms with Crippen molar-refractivity contribution in [3.05, 3.63) is 36.5 Å². The Morgan fingerprint density at radius 1 is 1.23 bits per heavy atom. The minimum absolute atomic E-state index is 0.0106. The summed E-state index contributed by atoms with van der Waals surface area (Å²) >= 11 is 0. The molecule has 0 spiro atoms. The van der Waals surface area contributed by atoms with E-state index in [9.17, 15) is 9.59 Å². The topological polar surface area (TPSA) is 89.0 Å². The Morgan fingerprint density at radius 2 is 2.00 bits per heavy atom. The number of carboxylic acid groups (broad SMARTS) is 1. The normalized spacial score (nSPS) is 23.2. The van der Waals surface area contributed by atoms with Crippen molar-refractivity contribution >= 4 is 18.1 Å². The molecule has 0 bridgehead atoms. The smallest absolute Gasteiger partial charge is 0.306 e. The van der Waals surface area contributed by atoms with Crippen molar-refractivity contribution in [1.29, 1.82) is 0 Å². The minimum Gasteiger partial charge on any atom is -0.486 e.